The Morgan fingerprint density at radius 3 is 2.19 bits per heavy atom. The first kappa shape index (κ1) is 35.9. The third kappa shape index (κ3) is 14.0. The van der Waals surface area contributed by atoms with E-state index in [2.05, 4.69) is 26.6 Å². The number of hydrogen-bond acceptors (Lipinski definition) is 7. The molecular weight excluding hydrogens is 542 g/mol. The molecule has 0 aliphatic heterocycles. The second-order valence-electron chi connectivity index (χ2n) is 10.2. The maximum atomic E-state index is 13.2. The van der Waals surface area contributed by atoms with Crippen LogP contribution in [0.2, 0.25) is 0 Å². The summed E-state index contributed by atoms with van der Waals surface area (Å²) in [5, 5.41) is 23.0. The fraction of sp³-hybridized carbons (Fsp3) is 0.567. The predicted octanol–water partition coefficient (Wildman–Crippen LogP) is 1.77. The molecular formula is C30H47N5O7. The van der Waals surface area contributed by atoms with Crippen molar-refractivity contribution in [1.29, 1.82) is 0 Å². The van der Waals surface area contributed by atoms with Gasteiger partial charge in [-0.2, -0.15) is 0 Å². The maximum Gasteiger partial charge on any atom is 0.244 e. The minimum absolute atomic E-state index is 0.0316. The van der Waals surface area contributed by atoms with Gasteiger partial charge in [-0.25, -0.2) is 0 Å². The predicted molar refractivity (Wildman–Crippen MR) is 160 cm³/mol. The monoisotopic (exact) mass is 589 g/mol. The van der Waals surface area contributed by atoms with Crippen molar-refractivity contribution < 1.29 is 33.8 Å². The first-order valence-electron chi connectivity index (χ1n) is 14.5. The Morgan fingerprint density at radius 1 is 0.905 bits per heavy atom. The van der Waals surface area contributed by atoms with Gasteiger partial charge in [-0.1, -0.05) is 46.6 Å². The summed E-state index contributed by atoms with van der Waals surface area (Å²) in [6.45, 7) is 8.12. The zero-order valence-corrected chi connectivity index (χ0v) is 25.4. The van der Waals surface area contributed by atoms with E-state index in [0.29, 0.717) is 18.7 Å². The number of methoxy groups -OCH3 is 1. The standard InChI is InChI=1S/C30H47N5O7/c1-6-8-16-31-25(37)15-12-22(29(40)32-17-9-7-2)34-30(41)28(20(3)4)35-27(39)19-33-26(38)14-11-21-10-13-23(36)24(18-21)42-5/h10-11,13-14,18,20,22,28,36H,6-9,12,15-17,19H2,1-5H3,(H,31,37)(H,32,40)(H,33,38)(H,34,41)(H,35,39)/b14-11+/t22-,28+/m1/s1. The van der Waals surface area contributed by atoms with Crippen molar-refractivity contribution >= 4 is 35.6 Å². The number of aromatic hydroxyl groups is 1. The van der Waals surface area contributed by atoms with Crippen molar-refractivity contribution in [3.8, 4) is 11.5 Å². The molecule has 0 radical (unpaired) electrons. The Balaban J connectivity index is 2.75. The summed E-state index contributed by atoms with van der Waals surface area (Å²) >= 11 is 0. The van der Waals surface area contributed by atoms with E-state index >= 15 is 0 Å². The summed E-state index contributed by atoms with van der Waals surface area (Å²) in [7, 11) is 1.41. The van der Waals surface area contributed by atoms with Crippen molar-refractivity contribution in [3.63, 3.8) is 0 Å². The number of nitrogens with one attached hydrogen (secondary N) is 5. The molecule has 0 saturated carbocycles. The zero-order valence-electron chi connectivity index (χ0n) is 25.4. The molecule has 5 amide bonds. The number of phenolic OH excluding ortho intramolecular Hbond substituents is 1. The normalized spacial score (nSPS) is 12.3. The van der Waals surface area contributed by atoms with Crippen LogP contribution < -0.4 is 31.3 Å². The molecule has 0 aliphatic rings. The van der Waals surface area contributed by atoms with Crippen LogP contribution in [0.3, 0.4) is 0 Å². The summed E-state index contributed by atoms with van der Waals surface area (Å²) in [4.78, 5) is 63.0. The summed E-state index contributed by atoms with van der Waals surface area (Å²) in [5.41, 5.74) is 0.604. The molecule has 0 bridgehead atoms. The number of phenols is 1. The van der Waals surface area contributed by atoms with E-state index in [1.54, 1.807) is 26.0 Å². The Kier molecular flexibility index (Phi) is 17.0. The molecule has 0 aliphatic carbocycles. The number of hydrogen-bond donors (Lipinski definition) is 6. The van der Waals surface area contributed by atoms with Crippen LogP contribution in [-0.2, 0) is 24.0 Å². The summed E-state index contributed by atoms with van der Waals surface area (Å²) in [6.07, 6.45) is 6.34. The maximum absolute atomic E-state index is 13.2. The third-order valence-corrected chi connectivity index (χ3v) is 6.29. The van der Waals surface area contributed by atoms with Crippen molar-refractivity contribution in [2.45, 2.75) is 78.3 Å². The van der Waals surface area contributed by atoms with Gasteiger partial charge < -0.3 is 36.4 Å². The molecule has 1 rings (SSSR count). The van der Waals surface area contributed by atoms with Crippen LogP contribution in [0.15, 0.2) is 24.3 Å². The van der Waals surface area contributed by atoms with Gasteiger partial charge >= 0.3 is 0 Å². The summed E-state index contributed by atoms with van der Waals surface area (Å²) in [5.74, 6) is -2.38. The molecule has 1 aromatic rings. The lowest BCUT2D eigenvalue weighted by Gasteiger charge is -2.25. The molecule has 42 heavy (non-hydrogen) atoms. The molecule has 12 nitrogen and oxygen atoms in total. The minimum Gasteiger partial charge on any atom is -0.504 e. The highest BCUT2D eigenvalue weighted by Gasteiger charge is 2.29. The fourth-order valence-corrected chi connectivity index (χ4v) is 3.77. The van der Waals surface area contributed by atoms with E-state index in [-0.39, 0.29) is 42.7 Å². The Labute approximate surface area is 248 Å². The van der Waals surface area contributed by atoms with Gasteiger partial charge in [0.2, 0.25) is 29.5 Å². The topological polar surface area (TPSA) is 175 Å². The number of carbonyl (C=O) groups excluding carboxylic acids is 5. The molecule has 0 fully saturated rings. The number of benzene rings is 1. The zero-order chi connectivity index (χ0) is 31.5. The quantitative estimate of drug-likeness (QED) is 0.105. The van der Waals surface area contributed by atoms with Gasteiger partial charge in [-0.15, -0.1) is 0 Å². The summed E-state index contributed by atoms with van der Waals surface area (Å²) < 4.78 is 5.04. The van der Waals surface area contributed by atoms with Crippen molar-refractivity contribution in [1.82, 2.24) is 26.6 Å². The minimum atomic E-state index is -0.973. The van der Waals surface area contributed by atoms with Crippen LogP contribution in [0.5, 0.6) is 11.5 Å². The molecule has 2 atom stereocenters. The molecule has 0 spiro atoms. The Hall–Kier alpha value is -4.09. The van der Waals surface area contributed by atoms with Crippen LogP contribution in [0, 0.1) is 5.92 Å². The molecule has 6 N–H and O–H groups in total. The van der Waals surface area contributed by atoms with E-state index in [1.165, 1.54) is 25.3 Å². The van der Waals surface area contributed by atoms with Crippen LogP contribution in [-0.4, -0.2) is 73.5 Å². The smallest absolute Gasteiger partial charge is 0.244 e. The van der Waals surface area contributed by atoms with Gasteiger partial charge in [0.05, 0.1) is 13.7 Å². The van der Waals surface area contributed by atoms with Gasteiger partial charge in [0.25, 0.3) is 0 Å². The van der Waals surface area contributed by atoms with Crippen LogP contribution in [0.1, 0.15) is 71.8 Å². The fourth-order valence-electron chi connectivity index (χ4n) is 3.77. The lowest BCUT2D eigenvalue weighted by molar-refractivity contribution is -0.133. The van der Waals surface area contributed by atoms with E-state index in [4.69, 9.17) is 4.74 Å². The van der Waals surface area contributed by atoms with Crippen LogP contribution in [0.4, 0.5) is 0 Å². The highest BCUT2D eigenvalue weighted by atomic mass is 16.5. The van der Waals surface area contributed by atoms with Crippen molar-refractivity contribution in [2.24, 2.45) is 5.92 Å². The van der Waals surface area contributed by atoms with Gasteiger partial charge in [-0.3, -0.25) is 24.0 Å². The molecule has 0 heterocycles. The Bertz CT molecular complexity index is 1070. The highest BCUT2D eigenvalue weighted by molar-refractivity contribution is 5.96. The average Bonchev–Trinajstić information content (AvgIpc) is 2.96. The van der Waals surface area contributed by atoms with E-state index in [9.17, 15) is 29.1 Å². The van der Waals surface area contributed by atoms with Gasteiger partial charge in [-0.05, 0) is 49.0 Å². The van der Waals surface area contributed by atoms with Crippen molar-refractivity contribution in [2.75, 3.05) is 26.7 Å². The first-order chi connectivity index (χ1) is 20.0. The van der Waals surface area contributed by atoms with Crippen molar-refractivity contribution in [3.05, 3.63) is 29.8 Å². The number of amides is 5. The molecule has 0 saturated heterocycles. The summed E-state index contributed by atoms with van der Waals surface area (Å²) in [6, 6.07) is 2.65. The first-order valence-corrected chi connectivity index (χ1v) is 14.5. The molecule has 1 aromatic carbocycles. The third-order valence-electron chi connectivity index (χ3n) is 6.29. The van der Waals surface area contributed by atoms with E-state index in [0.717, 1.165) is 25.7 Å². The van der Waals surface area contributed by atoms with E-state index in [1.807, 2.05) is 13.8 Å². The van der Waals surface area contributed by atoms with E-state index < -0.39 is 35.7 Å². The van der Waals surface area contributed by atoms with Crippen LogP contribution in [0.25, 0.3) is 6.08 Å². The number of rotatable bonds is 19. The molecule has 12 heteroatoms. The molecule has 234 valence electrons. The van der Waals surface area contributed by atoms with Crippen LogP contribution >= 0.6 is 0 Å². The number of carbonyl (C=O) groups is 5. The second kappa shape index (κ2) is 19.9. The molecule has 0 unspecified atom stereocenters. The van der Waals surface area contributed by atoms with Gasteiger partial charge in [0.1, 0.15) is 12.1 Å². The lowest BCUT2D eigenvalue weighted by Crippen LogP contribution is -2.56. The largest absolute Gasteiger partial charge is 0.504 e. The average molecular weight is 590 g/mol. The van der Waals surface area contributed by atoms with Gasteiger partial charge in [0.15, 0.2) is 11.5 Å². The lowest BCUT2D eigenvalue weighted by atomic mass is 10.0. The highest BCUT2D eigenvalue weighted by Crippen LogP contribution is 2.26. The number of ether oxygens (including phenoxy) is 1. The van der Waals surface area contributed by atoms with Gasteiger partial charge in [0, 0.05) is 25.6 Å². The Morgan fingerprint density at radius 2 is 1.57 bits per heavy atom. The molecule has 0 aromatic heterocycles. The number of unbranched alkanes of at least 4 members (excludes halogenated alkanes) is 2. The SMILES string of the molecule is CCCCNC(=O)CC[C@@H](NC(=O)[C@@H](NC(=O)CNC(=O)/C=C/c1ccc(O)c(OC)c1)C(C)C)C(=O)NCCCC. The second-order valence-corrected chi connectivity index (χ2v) is 10.2.